The minimum absolute atomic E-state index is 0.125. The van der Waals surface area contributed by atoms with Crippen LogP contribution in [-0.2, 0) is 4.74 Å². The van der Waals surface area contributed by atoms with Crippen molar-refractivity contribution in [3.8, 4) is 0 Å². The van der Waals surface area contributed by atoms with Gasteiger partial charge in [0.05, 0.1) is 18.3 Å². The van der Waals surface area contributed by atoms with E-state index in [0.29, 0.717) is 12.5 Å². The summed E-state index contributed by atoms with van der Waals surface area (Å²) in [5, 5.41) is 9.61. The van der Waals surface area contributed by atoms with Crippen LogP contribution in [0.4, 0.5) is 0 Å². The predicted molar refractivity (Wildman–Crippen MR) is 62.8 cm³/mol. The Kier molecular flexibility index (Phi) is 3.83. The molecule has 0 aliphatic carbocycles. The van der Waals surface area contributed by atoms with E-state index in [0.717, 1.165) is 19.3 Å². The number of rotatable bonds is 0. The summed E-state index contributed by atoms with van der Waals surface area (Å²) in [6, 6.07) is 0. The van der Waals surface area contributed by atoms with E-state index in [9.17, 15) is 5.11 Å². The largest absolute Gasteiger partial charge is 0.391 e. The van der Waals surface area contributed by atoms with Gasteiger partial charge < -0.3 is 9.84 Å². The fourth-order valence-corrected chi connectivity index (χ4v) is 2.88. The number of ether oxygens (including phenoxy) is 1. The van der Waals surface area contributed by atoms with Crippen molar-refractivity contribution in [2.45, 2.75) is 65.6 Å². The molecule has 15 heavy (non-hydrogen) atoms. The van der Waals surface area contributed by atoms with Crippen molar-refractivity contribution in [1.29, 1.82) is 0 Å². The third-order valence-electron chi connectivity index (χ3n) is 3.56. The molecule has 0 aromatic carbocycles. The van der Waals surface area contributed by atoms with Crippen LogP contribution in [0.3, 0.4) is 0 Å². The van der Waals surface area contributed by atoms with Crippen LogP contribution in [-0.4, -0.2) is 23.4 Å². The molecule has 1 saturated heterocycles. The highest BCUT2D eigenvalue weighted by molar-refractivity contribution is 4.89. The van der Waals surface area contributed by atoms with Crippen LogP contribution in [0.1, 0.15) is 53.9 Å². The van der Waals surface area contributed by atoms with E-state index < -0.39 is 0 Å². The Hall–Kier alpha value is -0.0800. The van der Waals surface area contributed by atoms with Crippen LogP contribution in [0.15, 0.2) is 0 Å². The highest BCUT2D eigenvalue weighted by Crippen LogP contribution is 2.41. The first-order valence-corrected chi connectivity index (χ1v) is 6.05. The number of hydrogen-bond donors (Lipinski definition) is 1. The first-order valence-electron chi connectivity index (χ1n) is 6.05. The molecular formula is C13H26O2. The van der Waals surface area contributed by atoms with Gasteiger partial charge in [0, 0.05) is 0 Å². The molecule has 1 aliphatic heterocycles. The van der Waals surface area contributed by atoms with Crippen molar-refractivity contribution in [2.24, 2.45) is 11.3 Å². The van der Waals surface area contributed by atoms with Gasteiger partial charge in [0.2, 0.25) is 0 Å². The molecule has 0 amide bonds. The van der Waals surface area contributed by atoms with E-state index in [-0.39, 0.29) is 17.1 Å². The third-order valence-corrected chi connectivity index (χ3v) is 3.56. The highest BCUT2D eigenvalue weighted by Gasteiger charge is 2.39. The van der Waals surface area contributed by atoms with Crippen LogP contribution in [0, 0.1) is 11.3 Å². The Bertz CT molecular complexity index is 203. The van der Waals surface area contributed by atoms with Crippen molar-refractivity contribution in [2.75, 3.05) is 6.61 Å². The van der Waals surface area contributed by atoms with Crippen LogP contribution in [0.2, 0.25) is 0 Å². The van der Waals surface area contributed by atoms with Gasteiger partial charge in [0.15, 0.2) is 0 Å². The zero-order valence-corrected chi connectivity index (χ0v) is 10.8. The maximum atomic E-state index is 9.61. The molecule has 0 saturated carbocycles. The van der Waals surface area contributed by atoms with Crippen LogP contribution in [0.25, 0.3) is 0 Å². The van der Waals surface area contributed by atoms with E-state index in [1.165, 1.54) is 0 Å². The maximum Gasteiger partial charge on any atom is 0.0774 e. The molecule has 90 valence electrons. The molecular weight excluding hydrogens is 188 g/mol. The molecule has 1 fully saturated rings. The van der Waals surface area contributed by atoms with Crippen LogP contribution in [0.5, 0.6) is 0 Å². The molecule has 2 heteroatoms. The number of hydrogen-bond acceptors (Lipinski definition) is 2. The van der Waals surface area contributed by atoms with Crippen molar-refractivity contribution >= 4 is 0 Å². The van der Waals surface area contributed by atoms with Gasteiger partial charge >= 0.3 is 0 Å². The summed E-state index contributed by atoms with van der Waals surface area (Å²) in [5.41, 5.74) is 0.144. The zero-order chi connectivity index (χ0) is 11.7. The van der Waals surface area contributed by atoms with Crippen molar-refractivity contribution in [1.82, 2.24) is 0 Å². The molecule has 2 atom stereocenters. The molecule has 2 nitrogen and oxygen atoms in total. The SMILES string of the molecule is CC(C)(C)C1CCCC(O)COC1(C)C. The van der Waals surface area contributed by atoms with E-state index in [2.05, 4.69) is 34.6 Å². The molecule has 1 aliphatic rings. The average Bonchev–Trinajstić information content (AvgIpc) is 2.04. The molecule has 1 N–H and O–H groups in total. The lowest BCUT2D eigenvalue weighted by Crippen LogP contribution is -2.44. The Morgan fingerprint density at radius 2 is 1.80 bits per heavy atom. The van der Waals surface area contributed by atoms with E-state index in [1.807, 2.05) is 0 Å². The van der Waals surface area contributed by atoms with Gasteiger partial charge in [0.25, 0.3) is 0 Å². The third kappa shape index (κ3) is 3.46. The van der Waals surface area contributed by atoms with Crippen molar-refractivity contribution < 1.29 is 9.84 Å². The Morgan fingerprint density at radius 3 is 2.33 bits per heavy atom. The second-order valence-electron chi connectivity index (χ2n) is 6.42. The fraction of sp³-hybridized carbons (Fsp3) is 1.00. The van der Waals surface area contributed by atoms with Crippen molar-refractivity contribution in [3.05, 3.63) is 0 Å². The smallest absolute Gasteiger partial charge is 0.0774 e. The summed E-state index contributed by atoms with van der Waals surface area (Å²) in [5.74, 6) is 0.553. The maximum absolute atomic E-state index is 9.61. The van der Waals surface area contributed by atoms with Gasteiger partial charge in [-0.15, -0.1) is 0 Å². The lowest BCUT2D eigenvalue weighted by Gasteiger charge is -2.44. The summed E-state index contributed by atoms with van der Waals surface area (Å²) in [4.78, 5) is 0. The van der Waals surface area contributed by atoms with Gasteiger partial charge in [0.1, 0.15) is 0 Å². The zero-order valence-electron chi connectivity index (χ0n) is 10.8. The van der Waals surface area contributed by atoms with Crippen molar-refractivity contribution in [3.63, 3.8) is 0 Å². The second kappa shape index (κ2) is 4.42. The quantitative estimate of drug-likeness (QED) is 0.671. The lowest BCUT2D eigenvalue weighted by atomic mass is 9.69. The predicted octanol–water partition coefficient (Wildman–Crippen LogP) is 2.99. The standard InChI is InChI=1S/C13H26O2/c1-12(2,3)11-8-6-7-10(14)9-15-13(11,4)5/h10-11,14H,6-9H2,1-5H3. The first-order chi connectivity index (χ1) is 6.73. The summed E-state index contributed by atoms with van der Waals surface area (Å²) >= 11 is 0. The van der Waals surface area contributed by atoms with Gasteiger partial charge in [-0.2, -0.15) is 0 Å². The fourth-order valence-electron chi connectivity index (χ4n) is 2.88. The Morgan fingerprint density at radius 1 is 1.20 bits per heavy atom. The van der Waals surface area contributed by atoms with Gasteiger partial charge in [-0.3, -0.25) is 0 Å². The summed E-state index contributed by atoms with van der Waals surface area (Å²) < 4.78 is 5.87. The van der Waals surface area contributed by atoms with Gasteiger partial charge in [-0.1, -0.05) is 27.2 Å². The number of aliphatic hydroxyl groups is 1. The Labute approximate surface area is 94.0 Å². The van der Waals surface area contributed by atoms with Crippen LogP contribution < -0.4 is 0 Å². The van der Waals surface area contributed by atoms with Crippen LogP contribution >= 0.6 is 0 Å². The summed E-state index contributed by atoms with van der Waals surface area (Å²) in [6.07, 6.45) is 2.86. The monoisotopic (exact) mass is 214 g/mol. The van der Waals surface area contributed by atoms with Gasteiger partial charge in [-0.05, 0) is 38.0 Å². The first kappa shape index (κ1) is 13.0. The minimum Gasteiger partial charge on any atom is -0.391 e. The normalized spacial score (nSPS) is 33.2. The highest BCUT2D eigenvalue weighted by atomic mass is 16.5. The molecule has 0 aromatic heterocycles. The molecule has 2 unspecified atom stereocenters. The topological polar surface area (TPSA) is 29.5 Å². The molecule has 1 heterocycles. The second-order valence-corrected chi connectivity index (χ2v) is 6.42. The molecule has 0 radical (unpaired) electrons. The average molecular weight is 214 g/mol. The summed E-state index contributed by atoms with van der Waals surface area (Å²) in [7, 11) is 0. The van der Waals surface area contributed by atoms with Gasteiger partial charge in [-0.25, -0.2) is 0 Å². The van der Waals surface area contributed by atoms with E-state index >= 15 is 0 Å². The molecule has 0 bridgehead atoms. The molecule has 0 aromatic rings. The lowest BCUT2D eigenvalue weighted by molar-refractivity contribution is -0.129. The minimum atomic E-state index is -0.273. The Balaban J connectivity index is 2.76. The molecule has 0 spiro atoms. The van der Waals surface area contributed by atoms with E-state index in [4.69, 9.17) is 4.74 Å². The number of aliphatic hydroxyl groups excluding tert-OH is 1. The molecule has 1 rings (SSSR count). The summed E-state index contributed by atoms with van der Waals surface area (Å²) in [6.45, 7) is 11.6. The van der Waals surface area contributed by atoms with E-state index in [1.54, 1.807) is 0 Å².